The fraction of sp³-hybridized carbons (Fsp3) is 0.926. The van der Waals surface area contributed by atoms with E-state index in [1.54, 1.807) is 0 Å². The van der Waals surface area contributed by atoms with Gasteiger partial charge in [-0.1, -0.05) is 60.1 Å². The van der Waals surface area contributed by atoms with Crippen LogP contribution in [0.3, 0.4) is 0 Å². The molecule has 5 aliphatic carbocycles. The third kappa shape index (κ3) is 9.66. The van der Waals surface area contributed by atoms with Gasteiger partial charge < -0.3 is 104 Å². The SMILES string of the molecule is C[C@@H]1O[C@@H](O[C@H]2[C@H](O)[C@@H](O)[C@H](O[C@H]3[C@H](O)[C@@H](O)[C@H](O[C@H]4CC[C@]5(C)[C@H]6CC=C7[C@H]8CC(C)(C)CC[C@]8(C(=O)O[C@@H]8O[C@H](CO)[C@@H](O)[C@H](O)[C@H]8O)CC[C@@]7(C)[C@]6(C)CC[C@H]5C4(C)C)O[C@@H]3C(=O)O)O[C@@H]2CO)[C@H](O)[C@H](O)[C@H]1O. The van der Waals surface area contributed by atoms with Crippen LogP contribution in [-0.4, -0.2) is 220 Å². The van der Waals surface area contributed by atoms with Crippen LogP contribution in [0.5, 0.6) is 0 Å². The van der Waals surface area contributed by atoms with Crippen molar-refractivity contribution in [2.24, 2.45) is 50.2 Å². The van der Waals surface area contributed by atoms with Crippen LogP contribution < -0.4 is 0 Å². The molecule has 0 spiro atoms. The summed E-state index contributed by atoms with van der Waals surface area (Å²) in [4.78, 5) is 27.6. The molecule has 0 aromatic rings. The minimum absolute atomic E-state index is 0.0730. The Morgan fingerprint density at radius 3 is 1.79 bits per heavy atom. The predicted octanol–water partition coefficient (Wildman–Crippen LogP) is -0.915. The number of carboxylic acids is 1. The average molecular weight is 1100 g/mol. The standard InChI is InChI=1S/C54H86O23/c1-22-30(57)32(59)36(63)44(70-22)74-40-26(21-56)72-45(38(65)34(40)61)75-41-35(62)39(66)47(76-42(41)43(67)68)73-29-12-13-51(6)27(50(29,4)5)11-14-53(8)28(51)10-9-23-24-19-49(2,3)15-17-54(24,18-16-52(23,53)7)48(69)77-46-37(64)33(60)31(58)25(20-55)71-46/h9,22,24-42,44-47,55-66H,10-21H2,1-8H3,(H,67,68)/t22-,24+,25+,26+,27-,28+,29-,30-,31+,32+,33-,34+,35+,36+,37+,38+,39+,40+,41-,42-,44-,45-,46-,47+,51-,52+,53+,54-/m0/s1. The topological polar surface area (TPSA) is 371 Å². The third-order valence-corrected chi connectivity index (χ3v) is 21.4. The summed E-state index contributed by atoms with van der Waals surface area (Å²) in [5.41, 5.74) is -1.13. The molecule has 23 nitrogen and oxygen atoms in total. The zero-order chi connectivity index (χ0) is 56.4. The molecule has 0 aromatic heterocycles. The van der Waals surface area contributed by atoms with Crippen LogP contribution in [0.15, 0.2) is 11.6 Å². The third-order valence-electron chi connectivity index (χ3n) is 21.4. The predicted molar refractivity (Wildman–Crippen MR) is 262 cm³/mol. The van der Waals surface area contributed by atoms with Crippen LogP contribution in [-0.2, 0) is 47.5 Å². The molecule has 9 rings (SSSR count). The number of esters is 1. The van der Waals surface area contributed by atoms with Gasteiger partial charge >= 0.3 is 11.9 Å². The van der Waals surface area contributed by atoms with E-state index < -0.39 is 165 Å². The van der Waals surface area contributed by atoms with Crippen LogP contribution in [0, 0.1) is 50.2 Å². The molecular weight excluding hydrogens is 1020 g/mol. The minimum Gasteiger partial charge on any atom is -0.479 e. The molecule has 0 aromatic carbocycles. The Kier molecular flexibility index (Phi) is 16.5. The summed E-state index contributed by atoms with van der Waals surface area (Å²) in [7, 11) is 0. The second kappa shape index (κ2) is 21.3. The Balaban J connectivity index is 0.890. The van der Waals surface area contributed by atoms with Gasteiger partial charge in [0.05, 0.1) is 30.8 Å². The molecule has 4 aliphatic heterocycles. The summed E-state index contributed by atoms with van der Waals surface area (Å²) >= 11 is 0. The lowest BCUT2D eigenvalue weighted by molar-refractivity contribution is -0.379. The van der Waals surface area contributed by atoms with E-state index in [9.17, 15) is 76.0 Å². The van der Waals surface area contributed by atoms with Crippen LogP contribution in [0.4, 0.5) is 0 Å². The molecule has 23 heteroatoms. The number of carboxylic acid groups (broad SMARTS) is 1. The normalized spacial score (nSPS) is 53.4. The molecule has 4 saturated carbocycles. The maximum atomic E-state index is 14.7. The van der Waals surface area contributed by atoms with Crippen molar-refractivity contribution in [3.8, 4) is 0 Å². The fourth-order valence-corrected chi connectivity index (χ4v) is 16.4. The molecule has 13 N–H and O–H groups in total. The Labute approximate surface area is 448 Å². The number of hydrogen-bond acceptors (Lipinski definition) is 22. The Hall–Kier alpha value is -2.08. The summed E-state index contributed by atoms with van der Waals surface area (Å²) in [5.74, 6) is -2.05. The van der Waals surface area contributed by atoms with Gasteiger partial charge in [0, 0.05) is 0 Å². The van der Waals surface area contributed by atoms with Crippen LogP contribution in [0.2, 0.25) is 0 Å². The van der Waals surface area contributed by atoms with Gasteiger partial charge in [0.25, 0.3) is 0 Å². The summed E-state index contributed by atoms with van der Waals surface area (Å²) in [6.07, 6.45) is -25.2. The van der Waals surface area contributed by atoms with Gasteiger partial charge in [0.2, 0.25) is 6.29 Å². The molecule has 9 aliphatic rings. The lowest BCUT2D eigenvalue weighted by atomic mass is 9.33. The zero-order valence-corrected chi connectivity index (χ0v) is 45.3. The van der Waals surface area contributed by atoms with Gasteiger partial charge in [-0.3, -0.25) is 4.79 Å². The number of aliphatic hydroxyl groups excluding tert-OH is 12. The molecule has 0 radical (unpaired) electrons. The van der Waals surface area contributed by atoms with Gasteiger partial charge in [-0.2, -0.15) is 0 Å². The van der Waals surface area contributed by atoms with Crippen LogP contribution in [0.1, 0.15) is 120 Å². The molecule has 4 heterocycles. The van der Waals surface area contributed by atoms with E-state index in [1.165, 1.54) is 12.5 Å². The Morgan fingerprint density at radius 2 is 1.14 bits per heavy atom. The van der Waals surface area contributed by atoms with Crippen molar-refractivity contribution >= 4 is 11.9 Å². The molecule has 440 valence electrons. The first-order valence-corrected chi connectivity index (χ1v) is 27.7. The lowest BCUT2D eigenvalue weighted by Gasteiger charge is -2.71. The molecule has 77 heavy (non-hydrogen) atoms. The van der Waals surface area contributed by atoms with Gasteiger partial charge in [-0.05, 0) is 116 Å². The first-order chi connectivity index (χ1) is 35.9. The first-order valence-electron chi connectivity index (χ1n) is 27.7. The molecule has 0 unspecified atom stereocenters. The van der Waals surface area contributed by atoms with Crippen molar-refractivity contribution in [2.75, 3.05) is 13.2 Å². The second-order valence-corrected chi connectivity index (χ2v) is 26.3. The highest BCUT2D eigenvalue weighted by Gasteiger charge is 2.70. The number of aliphatic carboxylic acids is 1. The van der Waals surface area contributed by atoms with Gasteiger partial charge in [-0.15, -0.1) is 0 Å². The quantitative estimate of drug-likeness (QED) is 0.0676. The number of hydrogen-bond donors (Lipinski definition) is 13. The van der Waals surface area contributed by atoms with E-state index in [2.05, 4.69) is 54.5 Å². The number of carbonyl (C=O) groups is 2. The maximum absolute atomic E-state index is 14.7. The molecule has 28 atom stereocenters. The highest BCUT2D eigenvalue weighted by molar-refractivity contribution is 5.79. The van der Waals surface area contributed by atoms with Crippen molar-refractivity contribution < 1.29 is 114 Å². The molecule has 4 saturated heterocycles. The summed E-state index contributed by atoms with van der Waals surface area (Å²) in [5, 5.41) is 139. The highest BCUT2D eigenvalue weighted by atomic mass is 16.8. The molecule has 8 fully saturated rings. The summed E-state index contributed by atoms with van der Waals surface area (Å²) in [6, 6.07) is 0. The van der Waals surface area contributed by atoms with Gasteiger partial charge in [0.15, 0.2) is 25.0 Å². The number of aliphatic hydroxyl groups is 12. The highest BCUT2D eigenvalue weighted by Crippen LogP contribution is 2.76. The molecule has 0 amide bonds. The zero-order valence-electron chi connectivity index (χ0n) is 45.3. The minimum atomic E-state index is -2.03. The smallest absolute Gasteiger partial charge is 0.335 e. The van der Waals surface area contributed by atoms with E-state index in [1.807, 2.05) is 0 Å². The van der Waals surface area contributed by atoms with Crippen molar-refractivity contribution in [3.05, 3.63) is 11.6 Å². The largest absolute Gasteiger partial charge is 0.479 e. The van der Waals surface area contributed by atoms with Gasteiger partial charge in [0.1, 0.15) is 85.5 Å². The molecule has 0 bridgehead atoms. The van der Waals surface area contributed by atoms with E-state index in [0.717, 1.165) is 32.1 Å². The van der Waals surface area contributed by atoms with Crippen molar-refractivity contribution in [3.63, 3.8) is 0 Å². The number of ether oxygens (including phenoxy) is 8. The Bertz CT molecular complexity index is 2180. The van der Waals surface area contributed by atoms with E-state index in [-0.39, 0.29) is 39.4 Å². The number of allylic oxidation sites excluding steroid dienone is 2. The average Bonchev–Trinajstić information content (AvgIpc) is 3.37. The van der Waals surface area contributed by atoms with Gasteiger partial charge in [-0.25, -0.2) is 4.79 Å². The van der Waals surface area contributed by atoms with Crippen LogP contribution >= 0.6 is 0 Å². The molecular formula is C54H86O23. The lowest BCUT2D eigenvalue weighted by Crippen LogP contribution is -2.67. The summed E-state index contributed by atoms with van der Waals surface area (Å²) in [6.45, 7) is 15.6. The van der Waals surface area contributed by atoms with E-state index >= 15 is 0 Å². The number of carbonyl (C=O) groups excluding carboxylic acids is 1. The number of rotatable bonds is 11. The monoisotopic (exact) mass is 1100 g/mol. The number of fused-ring (bicyclic) bond motifs is 7. The summed E-state index contributed by atoms with van der Waals surface area (Å²) < 4.78 is 46.8. The van der Waals surface area contributed by atoms with E-state index in [4.69, 9.17) is 37.9 Å². The Morgan fingerprint density at radius 1 is 0.584 bits per heavy atom. The van der Waals surface area contributed by atoms with Crippen molar-refractivity contribution in [1.29, 1.82) is 0 Å². The maximum Gasteiger partial charge on any atom is 0.335 e. The fourth-order valence-electron chi connectivity index (χ4n) is 16.4. The van der Waals surface area contributed by atoms with Crippen molar-refractivity contribution in [1.82, 2.24) is 0 Å². The van der Waals surface area contributed by atoms with Crippen molar-refractivity contribution in [2.45, 2.75) is 249 Å². The van der Waals surface area contributed by atoms with Crippen LogP contribution in [0.25, 0.3) is 0 Å². The first kappa shape index (κ1) is 59.5. The second-order valence-electron chi connectivity index (χ2n) is 26.3. The van der Waals surface area contributed by atoms with E-state index in [0.29, 0.717) is 32.1 Å².